The van der Waals surface area contributed by atoms with Crippen molar-refractivity contribution in [2.75, 3.05) is 49.2 Å². The maximum atomic E-state index is 11.7. The van der Waals surface area contributed by atoms with Gasteiger partial charge in [0.15, 0.2) is 0 Å². The third kappa shape index (κ3) is 4.38. The van der Waals surface area contributed by atoms with Crippen LogP contribution in [0.4, 0.5) is 11.4 Å². The Kier molecular flexibility index (Phi) is 5.63. The number of anilines is 2. The molecule has 3 aromatic rings. The Hall–Kier alpha value is -3.42. The topological polar surface area (TPSA) is 120 Å². The van der Waals surface area contributed by atoms with Crippen molar-refractivity contribution < 1.29 is 13.2 Å². The quantitative estimate of drug-likeness (QED) is 0.620. The first kappa shape index (κ1) is 20.8. The molecule has 0 atom stereocenters. The van der Waals surface area contributed by atoms with Crippen molar-refractivity contribution in [2.45, 2.75) is 0 Å². The second-order valence-corrected chi connectivity index (χ2v) is 9.00. The summed E-state index contributed by atoms with van der Waals surface area (Å²) in [4.78, 5) is 10.9. The van der Waals surface area contributed by atoms with Gasteiger partial charge in [-0.25, -0.2) is 13.4 Å². The van der Waals surface area contributed by atoms with E-state index in [2.05, 4.69) is 31.0 Å². The van der Waals surface area contributed by atoms with Crippen LogP contribution < -0.4 is 19.7 Å². The van der Waals surface area contributed by atoms with E-state index in [-0.39, 0.29) is 11.6 Å². The van der Waals surface area contributed by atoms with Crippen molar-refractivity contribution in [1.29, 1.82) is 5.26 Å². The number of benzene rings is 1. The number of fused-ring (bicyclic) bond motifs is 1. The summed E-state index contributed by atoms with van der Waals surface area (Å²) in [5.41, 5.74) is 3.97. The predicted octanol–water partition coefficient (Wildman–Crippen LogP) is 1.96. The normalized spacial score (nSPS) is 14.3. The Morgan fingerprint density at radius 2 is 1.94 bits per heavy atom. The number of nitrogens with zero attached hydrogens (tertiary/aromatic N) is 4. The highest BCUT2D eigenvalue weighted by Crippen LogP contribution is 2.34. The molecule has 3 heterocycles. The number of aromatic nitrogens is 2. The van der Waals surface area contributed by atoms with Gasteiger partial charge in [0.2, 0.25) is 15.9 Å². The minimum atomic E-state index is -3.50. The van der Waals surface area contributed by atoms with E-state index in [9.17, 15) is 13.7 Å². The molecule has 2 N–H and O–H groups in total. The largest absolute Gasteiger partial charge is 0.480 e. The number of sulfonamides is 1. The molecule has 0 saturated carbocycles. The molecule has 0 spiro atoms. The minimum Gasteiger partial charge on any atom is -0.480 e. The number of hydrogen-bond donors (Lipinski definition) is 2. The second-order valence-electron chi connectivity index (χ2n) is 7.26. The zero-order valence-electron chi connectivity index (χ0n) is 17.2. The number of rotatable bonds is 5. The number of nitriles is 1. The molecule has 9 nitrogen and oxygen atoms in total. The van der Waals surface area contributed by atoms with Crippen molar-refractivity contribution in [3.8, 4) is 23.1 Å². The van der Waals surface area contributed by atoms with E-state index in [4.69, 9.17) is 4.74 Å². The first-order valence-corrected chi connectivity index (χ1v) is 11.6. The first-order valence-electron chi connectivity index (χ1n) is 9.70. The number of piperazine rings is 1. The van der Waals surface area contributed by atoms with Crippen LogP contribution in [0.25, 0.3) is 22.0 Å². The second kappa shape index (κ2) is 8.37. The highest BCUT2D eigenvalue weighted by atomic mass is 32.2. The number of ether oxygens (including phenoxy) is 1. The van der Waals surface area contributed by atoms with Crippen molar-refractivity contribution in [2.24, 2.45) is 0 Å². The molecule has 1 aliphatic rings. The summed E-state index contributed by atoms with van der Waals surface area (Å²) in [6.07, 6.45) is 4.31. The number of nitrogens with one attached hydrogen (secondary N) is 2. The molecule has 1 fully saturated rings. The minimum absolute atomic E-state index is 0.185. The van der Waals surface area contributed by atoms with E-state index < -0.39 is 10.0 Å². The lowest BCUT2D eigenvalue weighted by Gasteiger charge is -2.31. The van der Waals surface area contributed by atoms with Crippen molar-refractivity contribution in [3.63, 3.8) is 0 Å². The molecule has 0 bridgehead atoms. The van der Waals surface area contributed by atoms with Crippen molar-refractivity contribution in [1.82, 2.24) is 15.3 Å². The first-order chi connectivity index (χ1) is 14.9. The summed E-state index contributed by atoms with van der Waals surface area (Å²) >= 11 is 0. The van der Waals surface area contributed by atoms with E-state index in [1.165, 1.54) is 7.11 Å². The molecular formula is C21H22N6O3S. The van der Waals surface area contributed by atoms with Gasteiger partial charge in [0.05, 0.1) is 30.1 Å². The van der Waals surface area contributed by atoms with Crippen LogP contribution in [0.2, 0.25) is 0 Å². The SMILES string of the molecule is COc1ncc(-c2ccc3ncc(C#N)c(N4CCNCC4)c3c2)cc1NS(C)(=O)=O. The summed E-state index contributed by atoms with van der Waals surface area (Å²) in [5.74, 6) is 0.185. The van der Waals surface area contributed by atoms with Gasteiger partial charge in [0.1, 0.15) is 11.8 Å². The number of pyridine rings is 2. The molecule has 0 unspecified atom stereocenters. The van der Waals surface area contributed by atoms with Crippen LogP contribution in [0.5, 0.6) is 5.88 Å². The maximum Gasteiger partial charge on any atom is 0.238 e. The molecule has 1 aromatic carbocycles. The molecule has 4 rings (SSSR count). The van der Waals surface area contributed by atoms with E-state index in [1.54, 1.807) is 18.5 Å². The third-order valence-corrected chi connectivity index (χ3v) is 5.66. The third-order valence-electron chi connectivity index (χ3n) is 5.07. The fourth-order valence-corrected chi connectivity index (χ4v) is 4.26. The lowest BCUT2D eigenvalue weighted by molar-refractivity contribution is 0.400. The molecular weight excluding hydrogens is 416 g/mol. The van der Waals surface area contributed by atoms with E-state index in [1.807, 2.05) is 18.2 Å². The molecule has 160 valence electrons. The molecule has 31 heavy (non-hydrogen) atoms. The summed E-state index contributed by atoms with van der Waals surface area (Å²) in [6, 6.07) is 9.70. The van der Waals surface area contributed by atoms with Crippen LogP contribution in [-0.2, 0) is 10.0 Å². The van der Waals surface area contributed by atoms with Gasteiger partial charge in [-0.2, -0.15) is 5.26 Å². The molecule has 1 saturated heterocycles. The highest BCUT2D eigenvalue weighted by Gasteiger charge is 2.19. The monoisotopic (exact) mass is 438 g/mol. The molecule has 10 heteroatoms. The summed E-state index contributed by atoms with van der Waals surface area (Å²) < 4.78 is 31.1. The fourth-order valence-electron chi connectivity index (χ4n) is 3.71. The summed E-state index contributed by atoms with van der Waals surface area (Å²) in [5, 5.41) is 13.9. The standard InChI is InChI=1S/C21H22N6O3S/c1-30-21-19(26-31(2,28)29)10-15(12-25-21)14-3-4-18-17(9-14)20(16(11-22)13-24-18)27-7-5-23-6-8-27/h3-4,9-10,12-13,23,26H,5-8H2,1-2H3. The summed E-state index contributed by atoms with van der Waals surface area (Å²) in [6.45, 7) is 3.28. The van der Waals surface area contributed by atoms with Crippen LogP contribution in [0, 0.1) is 11.3 Å². The van der Waals surface area contributed by atoms with Crippen LogP contribution in [0.15, 0.2) is 36.7 Å². The van der Waals surface area contributed by atoms with E-state index >= 15 is 0 Å². The molecule has 0 aliphatic carbocycles. The predicted molar refractivity (Wildman–Crippen MR) is 120 cm³/mol. The molecule has 2 aromatic heterocycles. The number of methoxy groups -OCH3 is 1. The van der Waals surface area contributed by atoms with Crippen molar-refractivity contribution in [3.05, 3.63) is 42.2 Å². The van der Waals surface area contributed by atoms with Gasteiger partial charge >= 0.3 is 0 Å². The average molecular weight is 439 g/mol. The lowest BCUT2D eigenvalue weighted by atomic mass is 10.0. The zero-order chi connectivity index (χ0) is 22.0. The smallest absolute Gasteiger partial charge is 0.238 e. The van der Waals surface area contributed by atoms with E-state index in [0.29, 0.717) is 11.1 Å². The van der Waals surface area contributed by atoms with Crippen LogP contribution in [0.3, 0.4) is 0 Å². The Bertz CT molecular complexity index is 1280. The van der Waals surface area contributed by atoms with Crippen LogP contribution in [-0.4, -0.2) is 57.9 Å². The highest BCUT2D eigenvalue weighted by molar-refractivity contribution is 7.92. The van der Waals surface area contributed by atoms with Gasteiger partial charge in [0.25, 0.3) is 0 Å². The van der Waals surface area contributed by atoms with Crippen LogP contribution in [0.1, 0.15) is 5.56 Å². The Morgan fingerprint density at radius 3 is 2.61 bits per heavy atom. The van der Waals surface area contributed by atoms with Crippen molar-refractivity contribution >= 4 is 32.3 Å². The fraction of sp³-hybridized carbons (Fsp3) is 0.286. The lowest BCUT2D eigenvalue weighted by Crippen LogP contribution is -2.43. The van der Waals surface area contributed by atoms with Gasteiger partial charge < -0.3 is 15.0 Å². The van der Waals surface area contributed by atoms with Gasteiger partial charge in [-0.05, 0) is 23.8 Å². The molecule has 1 aliphatic heterocycles. The molecule has 0 radical (unpaired) electrons. The van der Waals surface area contributed by atoms with Gasteiger partial charge in [-0.1, -0.05) is 6.07 Å². The Labute approximate surface area is 180 Å². The summed E-state index contributed by atoms with van der Waals surface area (Å²) in [7, 11) is -2.07. The van der Waals surface area contributed by atoms with E-state index in [0.717, 1.165) is 54.6 Å². The van der Waals surface area contributed by atoms with Gasteiger partial charge in [-0.3, -0.25) is 9.71 Å². The zero-order valence-corrected chi connectivity index (χ0v) is 18.0. The average Bonchev–Trinajstić information content (AvgIpc) is 2.77. The number of hydrogen-bond acceptors (Lipinski definition) is 8. The van der Waals surface area contributed by atoms with Crippen LogP contribution >= 0.6 is 0 Å². The Balaban J connectivity index is 1.86. The van der Waals surface area contributed by atoms with Gasteiger partial charge in [-0.15, -0.1) is 0 Å². The Morgan fingerprint density at radius 1 is 1.16 bits per heavy atom. The van der Waals surface area contributed by atoms with Gasteiger partial charge in [0, 0.05) is 49.5 Å². The maximum absolute atomic E-state index is 11.7. The molecule has 0 amide bonds.